The lowest BCUT2D eigenvalue weighted by Gasteiger charge is -2.34. The summed E-state index contributed by atoms with van der Waals surface area (Å²) in [5.41, 5.74) is 0.829. The monoisotopic (exact) mass is 397 g/mol. The molecule has 0 N–H and O–H groups in total. The molecule has 1 unspecified atom stereocenters. The molecule has 1 aromatic heterocycles. The molecule has 2 aliphatic heterocycles. The van der Waals surface area contributed by atoms with Crippen LogP contribution in [0.2, 0.25) is 0 Å². The van der Waals surface area contributed by atoms with Crippen LogP contribution in [0.5, 0.6) is 0 Å². The predicted octanol–water partition coefficient (Wildman–Crippen LogP) is 0.687. The Balaban J connectivity index is 1.70. The van der Waals surface area contributed by atoms with Crippen molar-refractivity contribution in [1.82, 2.24) is 14.9 Å². The number of aryl methyl sites for hydroxylation is 1. The van der Waals surface area contributed by atoms with E-state index in [0.29, 0.717) is 45.2 Å². The number of carbonyl (C=O) groups is 1. The summed E-state index contributed by atoms with van der Waals surface area (Å²) in [5.74, 6) is 1.74. The minimum Gasteiger partial charge on any atom is -0.450 e. The fourth-order valence-corrected chi connectivity index (χ4v) is 5.20. The van der Waals surface area contributed by atoms with Crippen molar-refractivity contribution in [2.45, 2.75) is 26.3 Å². The largest absolute Gasteiger partial charge is 0.450 e. The van der Waals surface area contributed by atoms with E-state index in [1.807, 2.05) is 29.8 Å². The van der Waals surface area contributed by atoms with E-state index >= 15 is 0 Å². The number of anilines is 2. The Labute approximate surface area is 160 Å². The zero-order valence-corrected chi connectivity index (χ0v) is 16.9. The first-order valence-corrected chi connectivity index (χ1v) is 11.1. The number of aromatic nitrogens is 2. The molecule has 2 fully saturated rings. The van der Waals surface area contributed by atoms with Crippen LogP contribution >= 0.6 is 0 Å². The van der Waals surface area contributed by atoms with Crippen LogP contribution < -0.4 is 9.80 Å². The van der Waals surface area contributed by atoms with Crippen LogP contribution in [0.1, 0.15) is 19.0 Å². The van der Waals surface area contributed by atoms with Crippen molar-refractivity contribution in [2.24, 2.45) is 0 Å². The van der Waals surface area contributed by atoms with E-state index in [0.717, 1.165) is 11.5 Å². The molecule has 1 amide bonds. The normalized spacial score (nSPS) is 22.0. The Morgan fingerprint density at radius 2 is 2.00 bits per heavy atom. The van der Waals surface area contributed by atoms with Gasteiger partial charge >= 0.3 is 6.09 Å². The van der Waals surface area contributed by atoms with Gasteiger partial charge in [-0.05, 0) is 20.3 Å². The van der Waals surface area contributed by atoms with Crippen molar-refractivity contribution < 1.29 is 17.9 Å². The first-order valence-electron chi connectivity index (χ1n) is 9.24. The molecule has 0 aromatic carbocycles. The maximum Gasteiger partial charge on any atom is 0.409 e. The molecule has 3 rings (SSSR count). The van der Waals surface area contributed by atoms with E-state index in [4.69, 9.17) is 4.74 Å². The van der Waals surface area contributed by atoms with Gasteiger partial charge in [-0.15, -0.1) is 0 Å². The summed E-state index contributed by atoms with van der Waals surface area (Å²) in [4.78, 5) is 26.7. The highest BCUT2D eigenvalue weighted by Crippen LogP contribution is 2.24. The number of piperazine rings is 1. The molecule has 1 aromatic rings. The van der Waals surface area contributed by atoms with Gasteiger partial charge < -0.3 is 19.4 Å². The highest BCUT2D eigenvalue weighted by molar-refractivity contribution is 7.91. The van der Waals surface area contributed by atoms with Gasteiger partial charge in [-0.1, -0.05) is 0 Å². The molecule has 10 heteroatoms. The molecule has 1 atom stereocenters. The second kappa shape index (κ2) is 7.87. The van der Waals surface area contributed by atoms with E-state index in [9.17, 15) is 13.2 Å². The molecule has 2 saturated heterocycles. The smallest absolute Gasteiger partial charge is 0.409 e. The van der Waals surface area contributed by atoms with E-state index in [1.54, 1.807) is 11.8 Å². The molecule has 0 bridgehead atoms. The third kappa shape index (κ3) is 4.60. The fraction of sp³-hybridized carbons (Fsp3) is 0.706. The van der Waals surface area contributed by atoms with E-state index in [-0.39, 0.29) is 23.6 Å². The minimum atomic E-state index is -2.95. The highest BCUT2D eigenvalue weighted by atomic mass is 32.2. The summed E-state index contributed by atoms with van der Waals surface area (Å²) in [6, 6.07) is 1.82. The predicted molar refractivity (Wildman–Crippen MR) is 103 cm³/mol. The van der Waals surface area contributed by atoms with Crippen LogP contribution in [-0.4, -0.2) is 86.8 Å². The number of hydrogen-bond donors (Lipinski definition) is 0. The molecule has 0 spiro atoms. The van der Waals surface area contributed by atoms with E-state index < -0.39 is 9.84 Å². The first-order chi connectivity index (χ1) is 12.8. The van der Waals surface area contributed by atoms with Crippen molar-refractivity contribution in [2.75, 3.05) is 61.1 Å². The van der Waals surface area contributed by atoms with Gasteiger partial charge in [0.1, 0.15) is 5.82 Å². The van der Waals surface area contributed by atoms with Crippen molar-refractivity contribution >= 4 is 27.7 Å². The maximum absolute atomic E-state index is 11.8. The summed E-state index contributed by atoms with van der Waals surface area (Å²) in [5, 5.41) is 0. The summed E-state index contributed by atoms with van der Waals surface area (Å²) in [6.07, 6.45) is 0.334. The summed E-state index contributed by atoms with van der Waals surface area (Å²) in [7, 11) is -1.07. The summed E-state index contributed by atoms with van der Waals surface area (Å²) >= 11 is 0. The number of sulfone groups is 1. The van der Waals surface area contributed by atoms with Crippen molar-refractivity contribution in [3.63, 3.8) is 0 Å². The number of rotatable bonds is 4. The second-order valence-corrected chi connectivity index (χ2v) is 9.24. The van der Waals surface area contributed by atoms with E-state index in [1.165, 1.54) is 0 Å². The maximum atomic E-state index is 11.8. The third-order valence-electron chi connectivity index (χ3n) is 5.03. The van der Waals surface area contributed by atoms with Gasteiger partial charge in [0, 0.05) is 51.0 Å². The number of amides is 1. The van der Waals surface area contributed by atoms with Gasteiger partial charge in [-0.2, -0.15) is 4.98 Å². The fourth-order valence-electron chi connectivity index (χ4n) is 3.43. The average Bonchev–Trinajstić information content (AvgIpc) is 3.00. The quantitative estimate of drug-likeness (QED) is 0.732. The molecular weight excluding hydrogens is 370 g/mol. The molecule has 150 valence electrons. The molecule has 0 saturated carbocycles. The van der Waals surface area contributed by atoms with Crippen molar-refractivity contribution in [1.29, 1.82) is 0 Å². The Bertz CT molecular complexity index is 793. The lowest BCUT2D eigenvalue weighted by molar-refractivity contribution is 0.105. The van der Waals surface area contributed by atoms with Crippen LogP contribution in [-0.2, 0) is 14.6 Å². The zero-order chi connectivity index (χ0) is 19.6. The van der Waals surface area contributed by atoms with Gasteiger partial charge in [0.15, 0.2) is 9.84 Å². The minimum absolute atomic E-state index is 0.0576. The van der Waals surface area contributed by atoms with Gasteiger partial charge in [0.25, 0.3) is 0 Å². The number of ether oxygens (including phenoxy) is 1. The Morgan fingerprint density at radius 1 is 1.30 bits per heavy atom. The lowest BCUT2D eigenvalue weighted by Crippen LogP contribution is -2.49. The molecule has 2 aliphatic rings. The molecule has 9 nitrogen and oxygen atoms in total. The zero-order valence-electron chi connectivity index (χ0n) is 16.1. The third-order valence-corrected chi connectivity index (χ3v) is 6.79. The van der Waals surface area contributed by atoms with Gasteiger partial charge in [0.2, 0.25) is 5.95 Å². The molecule has 3 heterocycles. The lowest BCUT2D eigenvalue weighted by atomic mass is 10.2. The summed E-state index contributed by atoms with van der Waals surface area (Å²) < 4.78 is 28.6. The highest BCUT2D eigenvalue weighted by Gasteiger charge is 2.32. The number of carbonyl (C=O) groups excluding carboxylic acids is 1. The van der Waals surface area contributed by atoms with Crippen LogP contribution in [0.4, 0.5) is 16.6 Å². The topological polar surface area (TPSA) is 95.9 Å². The van der Waals surface area contributed by atoms with Crippen molar-refractivity contribution in [3.05, 3.63) is 11.8 Å². The number of hydrogen-bond acceptors (Lipinski definition) is 8. The first kappa shape index (κ1) is 19.7. The average molecular weight is 398 g/mol. The SMILES string of the molecule is CCOC(=O)N1CCN(c2nc(C)cc(N(C)C3CCS(=O)(=O)C3)n2)CC1. The van der Waals surface area contributed by atoms with E-state index in [2.05, 4.69) is 9.97 Å². The van der Waals surface area contributed by atoms with Crippen LogP contribution in [0, 0.1) is 6.92 Å². The second-order valence-electron chi connectivity index (χ2n) is 7.01. The number of nitrogens with zero attached hydrogens (tertiary/aromatic N) is 5. The molecular formula is C17H27N5O4S. The molecule has 27 heavy (non-hydrogen) atoms. The van der Waals surface area contributed by atoms with Crippen LogP contribution in [0.25, 0.3) is 0 Å². The Morgan fingerprint density at radius 3 is 2.59 bits per heavy atom. The molecule has 0 radical (unpaired) electrons. The van der Waals surface area contributed by atoms with Crippen molar-refractivity contribution in [3.8, 4) is 0 Å². The Kier molecular flexibility index (Phi) is 5.73. The van der Waals surface area contributed by atoms with Crippen LogP contribution in [0.3, 0.4) is 0 Å². The van der Waals surface area contributed by atoms with Crippen LogP contribution in [0.15, 0.2) is 6.07 Å². The standard InChI is InChI=1S/C17H27N5O4S/c1-4-26-17(23)22-8-6-21(7-9-22)16-18-13(2)11-15(19-16)20(3)14-5-10-27(24,25)12-14/h11,14H,4-10,12H2,1-3H3. The molecule has 0 aliphatic carbocycles. The van der Waals surface area contributed by atoms with Gasteiger partial charge in [-0.3, -0.25) is 0 Å². The van der Waals surface area contributed by atoms with Gasteiger partial charge in [0.05, 0.1) is 18.1 Å². The Hall–Kier alpha value is -2.10. The van der Waals surface area contributed by atoms with Gasteiger partial charge in [-0.25, -0.2) is 18.2 Å². The summed E-state index contributed by atoms with van der Waals surface area (Å²) in [6.45, 7) is 6.44.